The molecule has 88 valence electrons. The first-order valence-electron chi connectivity index (χ1n) is 7.04. The summed E-state index contributed by atoms with van der Waals surface area (Å²) in [5.74, 6) is 0.736. The summed E-state index contributed by atoms with van der Waals surface area (Å²) >= 11 is 0. The lowest BCUT2D eigenvalue weighted by Gasteiger charge is -2.31. The van der Waals surface area contributed by atoms with Crippen LogP contribution in [-0.4, -0.2) is 24.0 Å². The molecule has 0 aromatic heterocycles. The molecule has 0 bridgehead atoms. The molecule has 0 radical (unpaired) electrons. The number of nitrogens with zero attached hydrogens (tertiary/aromatic N) is 2. The van der Waals surface area contributed by atoms with E-state index in [2.05, 4.69) is 6.21 Å². The van der Waals surface area contributed by atoms with Crippen LogP contribution in [0.5, 0.6) is 0 Å². The summed E-state index contributed by atoms with van der Waals surface area (Å²) in [6.45, 7) is 0. The van der Waals surface area contributed by atoms with Crippen molar-refractivity contribution >= 4 is 11.9 Å². The summed E-state index contributed by atoms with van der Waals surface area (Å²) in [5.41, 5.74) is 1.34. The first-order chi connectivity index (χ1) is 7.93. The van der Waals surface area contributed by atoms with Crippen molar-refractivity contribution in [3.63, 3.8) is 0 Å². The summed E-state index contributed by atoms with van der Waals surface area (Å²) in [6.07, 6.45) is 14.3. The third kappa shape index (κ3) is 2.07. The lowest BCUT2D eigenvalue weighted by Crippen LogP contribution is -2.34. The highest BCUT2D eigenvalue weighted by atomic mass is 15.0. The van der Waals surface area contributed by atoms with Crippen molar-refractivity contribution in [2.24, 2.45) is 15.9 Å². The molecule has 2 nitrogen and oxygen atoms in total. The lowest BCUT2D eigenvalue weighted by molar-refractivity contribution is 0.379. The van der Waals surface area contributed by atoms with E-state index in [0.29, 0.717) is 12.1 Å². The molecule has 3 rings (SSSR count). The van der Waals surface area contributed by atoms with Gasteiger partial charge in [0.1, 0.15) is 0 Å². The van der Waals surface area contributed by atoms with Gasteiger partial charge in [0.25, 0.3) is 0 Å². The number of aliphatic imine (C=N–C) groups is 2. The maximum atomic E-state index is 4.99. The third-order valence-corrected chi connectivity index (χ3v) is 4.43. The van der Waals surface area contributed by atoms with E-state index >= 15 is 0 Å². The normalized spacial score (nSPS) is 35.6. The Kier molecular flexibility index (Phi) is 3.07. The number of hydrogen-bond donors (Lipinski definition) is 0. The second kappa shape index (κ2) is 4.68. The van der Waals surface area contributed by atoms with Crippen molar-refractivity contribution < 1.29 is 0 Å². The second-order valence-electron chi connectivity index (χ2n) is 5.59. The van der Waals surface area contributed by atoms with E-state index in [0.717, 1.165) is 5.92 Å². The molecule has 2 aliphatic carbocycles. The van der Waals surface area contributed by atoms with Gasteiger partial charge in [-0.15, -0.1) is 0 Å². The summed E-state index contributed by atoms with van der Waals surface area (Å²) in [5, 5.41) is 0. The van der Waals surface area contributed by atoms with Gasteiger partial charge in [-0.05, 0) is 25.7 Å². The molecular formula is C14H22N2. The van der Waals surface area contributed by atoms with Gasteiger partial charge in [0.05, 0.1) is 17.8 Å². The van der Waals surface area contributed by atoms with Gasteiger partial charge in [-0.3, -0.25) is 9.98 Å². The highest BCUT2D eigenvalue weighted by Gasteiger charge is 2.29. The monoisotopic (exact) mass is 218 g/mol. The van der Waals surface area contributed by atoms with Crippen LogP contribution >= 0.6 is 0 Å². The van der Waals surface area contributed by atoms with Gasteiger partial charge in [-0.2, -0.15) is 0 Å². The Morgan fingerprint density at radius 3 is 2.31 bits per heavy atom. The van der Waals surface area contributed by atoms with Gasteiger partial charge in [0.2, 0.25) is 0 Å². The van der Waals surface area contributed by atoms with Crippen molar-refractivity contribution in [3.8, 4) is 0 Å². The van der Waals surface area contributed by atoms with Gasteiger partial charge >= 0.3 is 0 Å². The van der Waals surface area contributed by atoms with Crippen LogP contribution in [0.1, 0.15) is 57.8 Å². The van der Waals surface area contributed by atoms with E-state index in [4.69, 9.17) is 9.98 Å². The largest absolute Gasteiger partial charge is 0.286 e. The van der Waals surface area contributed by atoms with E-state index in [1.807, 2.05) is 0 Å². The maximum Gasteiger partial charge on any atom is 0.0727 e. The van der Waals surface area contributed by atoms with Gasteiger partial charge in [0.15, 0.2) is 0 Å². The molecule has 0 aromatic rings. The Bertz CT molecular complexity index is 297. The molecule has 0 spiro atoms. The SMILES string of the molecule is C1=N[C@H]2CCCC[C@@H]2N=C1C1CCCCC1. The van der Waals surface area contributed by atoms with Gasteiger partial charge in [-0.1, -0.05) is 32.1 Å². The van der Waals surface area contributed by atoms with Crippen LogP contribution in [0.4, 0.5) is 0 Å². The average molecular weight is 218 g/mol. The zero-order chi connectivity index (χ0) is 10.8. The minimum absolute atomic E-state index is 0.529. The molecule has 1 heterocycles. The fraction of sp³-hybridized carbons (Fsp3) is 0.857. The quantitative estimate of drug-likeness (QED) is 0.644. The lowest BCUT2D eigenvalue weighted by atomic mass is 9.84. The standard InChI is InChI=1S/C14H22N2/c1-2-6-11(7-3-1)14-10-15-12-8-4-5-9-13(12)16-14/h10-13H,1-9H2/t12-,13-/m0/s1. The van der Waals surface area contributed by atoms with Crippen molar-refractivity contribution in [1.29, 1.82) is 0 Å². The molecule has 0 saturated heterocycles. The molecule has 2 fully saturated rings. The smallest absolute Gasteiger partial charge is 0.0727 e. The van der Waals surface area contributed by atoms with Crippen LogP contribution in [0.3, 0.4) is 0 Å². The van der Waals surface area contributed by atoms with E-state index in [9.17, 15) is 0 Å². The first kappa shape index (κ1) is 10.5. The summed E-state index contributed by atoms with van der Waals surface area (Å²) in [6, 6.07) is 1.07. The van der Waals surface area contributed by atoms with E-state index in [1.54, 1.807) is 0 Å². The molecular weight excluding hydrogens is 196 g/mol. The number of hydrogen-bond acceptors (Lipinski definition) is 2. The molecule has 2 heteroatoms. The van der Waals surface area contributed by atoms with E-state index < -0.39 is 0 Å². The molecule has 0 N–H and O–H groups in total. The first-order valence-corrected chi connectivity index (χ1v) is 7.04. The van der Waals surface area contributed by atoms with Crippen molar-refractivity contribution in [1.82, 2.24) is 0 Å². The average Bonchev–Trinajstić information content (AvgIpc) is 2.39. The van der Waals surface area contributed by atoms with Crippen molar-refractivity contribution in [3.05, 3.63) is 0 Å². The Labute approximate surface area is 98.3 Å². The minimum Gasteiger partial charge on any atom is -0.286 e. The Hall–Kier alpha value is -0.660. The Morgan fingerprint density at radius 2 is 1.50 bits per heavy atom. The predicted octanol–water partition coefficient (Wildman–Crippen LogP) is 3.40. The third-order valence-electron chi connectivity index (χ3n) is 4.43. The van der Waals surface area contributed by atoms with Crippen molar-refractivity contribution in [2.75, 3.05) is 0 Å². The molecule has 0 aromatic carbocycles. The van der Waals surface area contributed by atoms with Gasteiger partial charge in [-0.25, -0.2) is 0 Å². The van der Waals surface area contributed by atoms with Crippen LogP contribution < -0.4 is 0 Å². The number of fused-ring (bicyclic) bond motifs is 1. The summed E-state index contributed by atoms with van der Waals surface area (Å²) < 4.78 is 0. The summed E-state index contributed by atoms with van der Waals surface area (Å²) in [7, 11) is 0. The predicted molar refractivity (Wildman–Crippen MR) is 68.5 cm³/mol. The molecule has 0 unspecified atom stereocenters. The summed E-state index contributed by atoms with van der Waals surface area (Å²) in [4.78, 5) is 9.75. The minimum atomic E-state index is 0.529. The zero-order valence-corrected chi connectivity index (χ0v) is 10.1. The number of rotatable bonds is 1. The topological polar surface area (TPSA) is 24.7 Å². The molecule has 16 heavy (non-hydrogen) atoms. The van der Waals surface area contributed by atoms with Gasteiger partial charge in [0, 0.05) is 12.1 Å². The van der Waals surface area contributed by atoms with Crippen LogP contribution in [0, 0.1) is 5.92 Å². The molecule has 1 aliphatic heterocycles. The highest BCUT2D eigenvalue weighted by Crippen LogP contribution is 2.30. The highest BCUT2D eigenvalue weighted by molar-refractivity contribution is 6.32. The maximum absolute atomic E-state index is 4.99. The van der Waals surface area contributed by atoms with Crippen LogP contribution in [0.15, 0.2) is 9.98 Å². The van der Waals surface area contributed by atoms with Crippen molar-refractivity contribution in [2.45, 2.75) is 69.9 Å². The Balaban J connectivity index is 1.71. The molecule has 3 aliphatic rings. The molecule has 2 atom stereocenters. The zero-order valence-electron chi connectivity index (χ0n) is 10.1. The van der Waals surface area contributed by atoms with Crippen LogP contribution in [0.25, 0.3) is 0 Å². The molecule has 0 amide bonds. The van der Waals surface area contributed by atoms with Gasteiger partial charge < -0.3 is 0 Å². The Morgan fingerprint density at radius 1 is 0.812 bits per heavy atom. The van der Waals surface area contributed by atoms with E-state index in [1.165, 1.54) is 63.5 Å². The molecule has 2 saturated carbocycles. The van der Waals surface area contributed by atoms with Crippen LogP contribution in [0.2, 0.25) is 0 Å². The fourth-order valence-electron chi connectivity index (χ4n) is 3.42. The second-order valence-corrected chi connectivity index (χ2v) is 5.59. The fourth-order valence-corrected chi connectivity index (χ4v) is 3.42. The van der Waals surface area contributed by atoms with Crippen LogP contribution in [-0.2, 0) is 0 Å². The van der Waals surface area contributed by atoms with E-state index in [-0.39, 0.29) is 0 Å².